The maximum absolute atomic E-state index is 12.1. The highest BCUT2D eigenvalue weighted by atomic mass is 16.5. The number of carboxylic acids is 1. The summed E-state index contributed by atoms with van der Waals surface area (Å²) < 4.78 is 5.12. The Morgan fingerprint density at radius 3 is 2.61 bits per heavy atom. The minimum Gasteiger partial charge on any atom is -0.481 e. The first kappa shape index (κ1) is 19.1. The maximum Gasteiger partial charge on any atom is 0.305 e. The van der Waals surface area contributed by atoms with E-state index in [1.807, 2.05) is 20.8 Å². The van der Waals surface area contributed by atoms with Gasteiger partial charge in [0.25, 0.3) is 0 Å². The predicted octanol–water partition coefficient (Wildman–Crippen LogP) is 2.35. The molecule has 1 heterocycles. The molecule has 130 valence electrons. The number of nitrogens with zero attached hydrogens (tertiary/aromatic N) is 2. The molecule has 0 bridgehead atoms. The van der Waals surface area contributed by atoms with E-state index in [1.54, 1.807) is 6.92 Å². The van der Waals surface area contributed by atoms with Crippen LogP contribution in [-0.4, -0.2) is 32.7 Å². The van der Waals surface area contributed by atoms with E-state index in [4.69, 9.17) is 9.63 Å². The Bertz CT molecular complexity index is 527. The number of rotatable bonds is 10. The van der Waals surface area contributed by atoms with Crippen LogP contribution in [0.15, 0.2) is 4.52 Å². The van der Waals surface area contributed by atoms with Gasteiger partial charge in [0.1, 0.15) is 0 Å². The van der Waals surface area contributed by atoms with Crippen molar-refractivity contribution in [3.05, 3.63) is 11.7 Å². The summed E-state index contributed by atoms with van der Waals surface area (Å²) in [6.07, 6.45) is 3.07. The molecule has 1 aromatic heterocycles. The van der Waals surface area contributed by atoms with Crippen molar-refractivity contribution in [2.75, 3.05) is 0 Å². The number of hydrogen-bond acceptors (Lipinski definition) is 5. The molecule has 0 aliphatic heterocycles. The number of carbonyl (C=O) groups excluding carboxylic acids is 1. The van der Waals surface area contributed by atoms with E-state index >= 15 is 0 Å². The Kier molecular flexibility index (Phi) is 7.19. The molecule has 1 unspecified atom stereocenters. The Morgan fingerprint density at radius 2 is 2.04 bits per heavy atom. The van der Waals surface area contributed by atoms with Crippen LogP contribution in [-0.2, 0) is 22.4 Å². The van der Waals surface area contributed by atoms with Crippen LogP contribution in [0.2, 0.25) is 0 Å². The van der Waals surface area contributed by atoms with E-state index in [1.165, 1.54) is 0 Å². The number of aryl methyl sites for hydroxylation is 2. The topological polar surface area (TPSA) is 105 Å². The van der Waals surface area contributed by atoms with Crippen LogP contribution in [0.3, 0.4) is 0 Å². The summed E-state index contributed by atoms with van der Waals surface area (Å²) in [5.41, 5.74) is -0.748. The number of nitrogens with one attached hydrogen (secondary N) is 1. The molecule has 0 aromatic carbocycles. The van der Waals surface area contributed by atoms with Crippen LogP contribution in [0.25, 0.3) is 0 Å². The molecule has 1 aromatic rings. The van der Waals surface area contributed by atoms with Crippen molar-refractivity contribution in [3.8, 4) is 0 Å². The normalized spacial score (nSPS) is 13.8. The Morgan fingerprint density at radius 1 is 1.35 bits per heavy atom. The van der Waals surface area contributed by atoms with Crippen LogP contribution in [0, 0.1) is 5.92 Å². The Labute approximate surface area is 136 Å². The van der Waals surface area contributed by atoms with Crippen LogP contribution in [0.5, 0.6) is 0 Å². The molecule has 0 saturated heterocycles. The highest BCUT2D eigenvalue weighted by Gasteiger charge is 2.32. The lowest BCUT2D eigenvalue weighted by atomic mass is 9.85. The number of hydrogen-bond donors (Lipinski definition) is 2. The van der Waals surface area contributed by atoms with Gasteiger partial charge in [-0.1, -0.05) is 25.9 Å². The zero-order chi connectivity index (χ0) is 17.5. The minimum absolute atomic E-state index is 0.0232. The van der Waals surface area contributed by atoms with Gasteiger partial charge in [-0.15, -0.1) is 0 Å². The first-order valence-electron chi connectivity index (χ1n) is 8.11. The molecule has 1 amide bonds. The van der Waals surface area contributed by atoms with Crippen LogP contribution < -0.4 is 5.32 Å². The number of aromatic nitrogens is 2. The van der Waals surface area contributed by atoms with Gasteiger partial charge in [-0.2, -0.15) is 4.98 Å². The van der Waals surface area contributed by atoms with Crippen LogP contribution >= 0.6 is 0 Å². The lowest BCUT2D eigenvalue weighted by Gasteiger charge is -2.33. The standard InChI is InChI=1S/C16H27N3O4/c1-5-7-12-17-14(23-19-12)9-6-8-13(20)18-16(4,11(2)3)10-15(21)22/h11H,5-10H2,1-4H3,(H,18,20)(H,21,22). The molecule has 0 saturated carbocycles. The lowest BCUT2D eigenvalue weighted by Crippen LogP contribution is -2.51. The maximum atomic E-state index is 12.1. The van der Waals surface area contributed by atoms with E-state index in [-0.39, 0.29) is 18.2 Å². The van der Waals surface area contributed by atoms with Crippen LogP contribution in [0.4, 0.5) is 0 Å². The molecule has 7 nitrogen and oxygen atoms in total. The van der Waals surface area contributed by atoms with Crippen molar-refractivity contribution in [2.45, 2.75) is 71.8 Å². The van der Waals surface area contributed by atoms with Gasteiger partial charge in [-0.3, -0.25) is 9.59 Å². The third kappa shape index (κ3) is 6.38. The van der Waals surface area contributed by atoms with Gasteiger partial charge < -0.3 is 14.9 Å². The average Bonchev–Trinajstić information content (AvgIpc) is 2.85. The minimum atomic E-state index is -0.921. The summed E-state index contributed by atoms with van der Waals surface area (Å²) in [6, 6.07) is 0. The molecule has 7 heteroatoms. The summed E-state index contributed by atoms with van der Waals surface area (Å²) in [5, 5.41) is 15.7. The molecule has 0 radical (unpaired) electrons. The quantitative estimate of drug-likeness (QED) is 0.684. The van der Waals surface area contributed by atoms with E-state index in [2.05, 4.69) is 15.5 Å². The van der Waals surface area contributed by atoms with Crippen molar-refractivity contribution in [3.63, 3.8) is 0 Å². The predicted molar refractivity (Wildman–Crippen MR) is 84.9 cm³/mol. The highest BCUT2D eigenvalue weighted by molar-refractivity contribution is 5.78. The second-order valence-electron chi connectivity index (χ2n) is 6.40. The first-order chi connectivity index (χ1) is 10.8. The molecule has 0 fully saturated rings. The van der Waals surface area contributed by atoms with E-state index in [9.17, 15) is 9.59 Å². The van der Waals surface area contributed by atoms with Gasteiger partial charge in [0, 0.05) is 24.8 Å². The second kappa shape index (κ2) is 8.64. The lowest BCUT2D eigenvalue weighted by molar-refractivity contribution is -0.139. The van der Waals surface area contributed by atoms with Crippen molar-refractivity contribution >= 4 is 11.9 Å². The first-order valence-corrected chi connectivity index (χ1v) is 8.11. The molecule has 1 rings (SSSR count). The van der Waals surface area contributed by atoms with Crippen molar-refractivity contribution < 1.29 is 19.2 Å². The molecule has 23 heavy (non-hydrogen) atoms. The summed E-state index contributed by atoms with van der Waals surface area (Å²) in [7, 11) is 0. The number of aliphatic carboxylic acids is 1. The summed E-state index contributed by atoms with van der Waals surface area (Å²) in [4.78, 5) is 27.3. The fraction of sp³-hybridized carbons (Fsp3) is 0.750. The molecule has 0 aliphatic carbocycles. The van der Waals surface area contributed by atoms with Crippen LogP contribution in [0.1, 0.15) is 65.1 Å². The van der Waals surface area contributed by atoms with Crippen molar-refractivity contribution in [2.24, 2.45) is 5.92 Å². The molecular weight excluding hydrogens is 298 g/mol. The fourth-order valence-corrected chi connectivity index (χ4v) is 2.20. The monoisotopic (exact) mass is 325 g/mol. The Balaban J connectivity index is 2.44. The average molecular weight is 325 g/mol. The van der Waals surface area contributed by atoms with Gasteiger partial charge in [0.05, 0.1) is 6.42 Å². The smallest absolute Gasteiger partial charge is 0.305 e. The van der Waals surface area contributed by atoms with E-state index in [0.717, 1.165) is 12.8 Å². The number of amides is 1. The summed E-state index contributed by atoms with van der Waals surface area (Å²) in [6.45, 7) is 7.61. The number of carbonyl (C=O) groups is 2. The van der Waals surface area contributed by atoms with Crippen molar-refractivity contribution in [1.82, 2.24) is 15.5 Å². The van der Waals surface area contributed by atoms with Gasteiger partial charge >= 0.3 is 5.97 Å². The third-order valence-corrected chi connectivity index (χ3v) is 4.00. The largest absolute Gasteiger partial charge is 0.481 e. The zero-order valence-corrected chi connectivity index (χ0v) is 14.4. The van der Waals surface area contributed by atoms with E-state index < -0.39 is 11.5 Å². The SMILES string of the molecule is CCCc1noc(CCCC(=O)NC(C)(CC(=O)O)C(C)C)n1. The summed E-state index contributed by atoms with van der Waals surface area (Å²) >= 11 is 0. The molecule has 2 N–H and O–H groups in total. The number of carboxylic acid groups (broad SMARTS) is 1. The van der Waals surface area contributed by atoms with Crippen molar-refractivity contribution in [1.29, 1.82) is 0 Å². The molecular formula is C16H27N3O4. The van der Waals surface area contributed by atoms with E-state index in [0.29, 0.717) is 31.0 Å². The molecule has 0 spiro atoms. The second-order valence-corrected chi connectivity index (χ2v) is 6.40. The van der Waals surface area contributed by atoms with Gasteiger partial charge in [-0.25, -0.2) is 0 Å². The fourth-order valence-electron chi connectivity index (χ4n) is 2.20. The zero-order valence-electron chi connectivity index (χ0n) is 14.4. The van der Waals surface area contributed by atoms with Gasteiger partial charge in [-0.05, 0) is 25.7 Å². The molecule has 0 aliphatic rings. The van der Waals surface area contributed by atoms with Gasteiger partial charge in [0.2, 0.25) is 11.8 Å². The summed E-state index contributed by atoms with van der Waals surface area (Å²) in [5.74, 6) is 0.181. The highest BCUT2D eigenvalue weighted by Crippen LogP contribution is 2.21. The van der Waals surface area contributed by atoms with Gasteiger partial charge in [0.15, 0.2) is 5.82 Å². The Hall–Kier alpha value is -1.92. The third-order valence-electron chi connectivity index (χ3n) is 4.00. The molecule has 1 atom stereocenters.